The van der Waals surface area contributed by atoms with Crippen LogP contribution in [-0.4, -0.2) is 38.3 Å². The molecule has 1 N–H and O–H groups in total. The molecule has 0 radical (unpaired) electrons. The third-order valence-electron chi connectivity index (χ3n) is 4.15. The third-order valence-corrected chi connectivity index (χ3v) is 4.15. The van der Waals surface area contributed by atoms with Gasteiger partial charge >= 0.3 is 5.97 Å². The van der Waals surface area contributed by atoms with E-state index in [0.29, 0.717) is 6.04 Å². The number of anilines is 1. The van der Waals surface area contributed by atoms with Gasteiger partial charge in [-0.1, -0.05) is 32.0 Å². The summed E-state index contributed by atoms with van der Waals surface area (Å²) in [5, 5.41) is 3.48. The summed E-state index contributed by atoms with van der Waals surface area (Å²) in [5.74, 6) is 0.0834. The van der Waals surface area contributed by atoms with Gasteiger partial charge in [0.1, 0.15) is 6.04 Å². The Labute approximate surface area is 127 Å². The van der Waals surface area contributed by atoms with Crippen LogP contribution in [0, 0.1) is 5.92 Å². The Morgan fingerprint density at radius 1 is 1.24 bits per heavy atom. The fraction of sp³-hybridized carbons (Fsp3) is 0.588. The van der Waals surface area contributed by atoms with Crippen molar-refractivity contribution in [1.82, 2.24) is 5.32 Å². The number of methoxy groups -OCH3 is 1. The lowest BCUT2D eigenvalue weighted by Crippen LogP contribution is -2.51. The van der Waals surface area contributed by atoms with E-state index in [9.17, 15) is 4.79 Å². The van der Waals surface area contributed by atoms with Gasteiger partial charge < -0.3 is 15.0 Å². The first-order valence-corrected chi connectivity index (χ1v) is 7.75. The number of hydrogen-bond donors (Lipinski definition) is 1. The highest BCUT2D eigenvalue weighted by Crippen LogP contribution is 2.20. The molecule has 1 aromatic carbocycles. The minimum atomic E-state index is -0.205. The van der Waals surface area contributed by atoms with Crippen LogP contribution in [0.3, 0.4) is 0 Å². The average molecular weight is 290 g/mol. The molecule has 0 spiro atoms. The van der Waals surface area contributed by atoms with Crippen molar-refractivity contribution in [3.8, 4) is 0 Å². The van der Waals surface area contributed by atoms with E-state index in [1.807, 2.05) is 19.9 Å². The number of ether oxygens (including phenoxy) is 1. The highest BCUT2D eigenvalue weighted by molar-refractivity contribution is 5.76. The largest absolute Gasteiger partial charge is 0.468 e. The Kier molecular flexibility index (Phi) is 5.62. The summed E-state index contributed by atoms with van der Waals surface area (Å²) < 4.78 is 4.89. The highest BCUT2D eigenvalue weighted by Gasteiger charge is 2.28. The third kappa shape index (κ3) is 4.21. The fourth-order valence-corrected chi connectivity index (χ4v) is 2.86. The molecule has 0 aromatic heterocycles. The van der Waals surface area contributed by atoms with E-state index in [4.69, 9.17) is 4.74 Å². The standard InChI is InChI=1S/C17H26N2O2/c1-13(2)16(17(20)21-3)18-14-9-11-19(12-10-14)15-7-5-4-6-8-15/h4-8,13-14,16,18H,9-12H2,1-3H3/t16-/m0/s1. The van der Waals surface area contributed by atoms with Crippen LogP contribution in [-0.2, 0) is 9.53 Å². The van der Waals surface area contributed by atoms with Crippen LogP contribution in [0.4, 0.5) is 5.69 Å². The van der Waals surface area contributed by atoms with Gasteiger partial charge in [-0.25, -0.2) is 0 Å². The number of carbonyl (C=O) groups is 1. The Morgan fingerprint density at radius 2 is 1.86 bits per heavy atom. The monoisotopic (exact) mass is 290 g/mol. The maximum atomic E-state index is 11.8. The van der Waals surface area contributed by atoms with Crippen molar-refractivity contribution in [3.05, 3.63) is 30.3 Å². The maximum absolute atomic E-state index is 11.8. The van der Waals surface area contributed by atoms with Gasteiger partial charge in [0, 0.05) is 24.8 Å². The first-order chi connectivity index (χ1) is 10.1. The van der Waals surface area contributed by atoms with Crippen LogP contribution >= 0.6 is 0 Å². The maximum Gasteiger partial charge on any atom is 0.323 e. The number of nitrogens with zero attached hydrogens (tertiary/aromatic N) is 1. The van der Waals surface area contributed by atoms with Crippen LogP contribution in [0.5, 0.6) is 0 Å². The minimum absolute atomic E-state index is 0.157. The van der Waals surface area contributed by atoms with Gasteiger partial charge in [0.15, 0.2) is 0 Å². The van der Waals surface area contributed by atoms with E-state index in [2.05, 4.69) is 34.5 Å². The fourth-order valence-electron chi connectivity index (χ4n) is 2.86. The molecule has 1 saturated heterocycles. The first kappa shape index (κ1) is 15.8. The number of esters is 1. The van der Waals surface area contributed by atoms with Crippen LogP contribution in [0.15, 0.2) is 30.3 Å². The van der Waals surface area contributed by atoms with Gasteiger partial charge in [-0.05, 0) is 30.9 Å². The molecule has 4 nitrogen and oxygen atoms in total. The van der Waals surface area contributed by atoms with Crippen LogP contribution in [0.2, 0.25) is 0 Å². The van der Waals surface area contributed by atoms with Crippen molar-refractivity contribution in [2.24, 2.45) is 5.92 Å². The van der Waals surface area contributed by atoms with Crippen molar-refractivity contribution in [1.29, 1.82) is 0 Å². The van der Waals surface area contributed by atoms with Crippen molar-refractivity contribution >= 4 is 11.7 Å². The summed E-state index contributed by atoms with van der Waals surface area (Å²) in [4.78, 5) is 14.2. The van der Waals surface area contributed by atoms with Gasteiger partial charge in [-0.2, -0.15) is 0 Å². The number of piperidine rings is 1. The molecule has 1 fully saturated rings. The lowest BCUT2D eigenvalue weighted by atomic mass is 9.99. The smallest absolute Gasteiger partial charge is 0.323 e. The van der Waals surface area contributed by atoms with E-state index < -0.39 is 0 Å². The van der Waals surface area contributed by atoms with Gasteiger partial charge in [0.05, 0.1) is 7.11 Å². The van der Waals surface area contributed by atoms with E-state index in [1.165, 1.54) is 12.8 Å². The zero-order chi connectivity index (χ0) is 15.2. The zero-order valence-electron chi connectivity index (χ0n) is 13.2. The summed E-state index contributed by atoms with van der Waals surface area (Å²) in [7, 11) is 1.46. The molecule has 4 heteroatoms. The summed E-state index contributed by atoms with van der Waals surface area (Å²) >= 11 is 0. The number of para-hydroxylation sites is 1. The second kappa shape index (κ2) is 7.46. The van der Waals surface area contributed by atoms with Crippen molar-refractivity contribution in [2.75, 3.05) is 25.1 Å². The molecule has 0 aliphatic carbocycles. The Balaban J connectivity index is 1.87. The summed E-state index contributed by atoms with van der Waals surface area (Å²) in [6.07, 6.45) is 2.10. The molecule has 1 heterocycles. The second-order valence-corrected chi connectivity index (χ2v) is 6.01. The van der Waals surface area contributed by atoms with Crippen molar-refractivity contribution in [2.45, 2.75) is 38.8 Å². The Morgan fingerprint density at radius 3 is 2.38 bits per heavy atom. The quantitative estimate of drug-likeness (QED) is 0.846. The molecule has 1 atom stereocenters. The number of nitrogens with one attached hydrogen (secondary N) is 1. The zero-order valence-corrected chi connectivity index (χ0v) is 13.2. The molecule has 1 aliphatic rings. The molecule has 1 aromatic rings. The number of hydrogen-bond acceptors (Lipinski definition) is 4. The summed E-state index contributed by atoms with van der Waals surface area (Å²) in [6, 6.07) is 10.7. The Bertz CT molecular complexity index is 439. The molecule has 21 heavy (non-hydrogen) atoms. The number of carbonyl (C=O) groups excluding carboxylic acids is 1. The number of rotatable bonds is 5. The molecule has 1 aliphatic heterocycles. The number of benzene rings is 1. The van der Waals surface area contributed by atoms with Crippen molar-refractivity contribution in [3.63, 3.8) is 0 Å². The molecular formula is C17H26N2O2. The topological polar surface area (TPSA) is 41.6 Å². The highest BCUT2D eigenvalue weighted by atomic mass is 16.5. The van der Waals surface area contributed by atoms with E-state index >= 15 is 0 Å². The second-order valence-electron chi connectivity index (χ2n) is 6.01. The minimum Gasteiger partial charge on any atom is -0.468 e. The predicted molar refractivity (Wildman–Crippen MR) is 85.5 cm³/mol. The van der Waals surface area contributed by atoms with Crippen molar-refractivity contribution < 1.29 is 9.53 Å². The normalized spacial score (nSPS) is 17.8. The van der Waals surface area contributed by atoms with E-state index in [0.717, 1.165) is 25.9 Å². The average Bonchev–Trinajstić information content (AvgIpc) is 2.53. The molecule has 0 amide bonds. The van der Waals surface area contributed by atoms with Crippen LogP contribution in [0.1, 0.15) is 26.7 Å². The molecule has 0 saturated carbocycles. The molecule has 116 valence electrons. The molecule has 0 bridgehead atoms. The summed E-state index contributed by atoms with van der Waals surface area (Å²) in [5.41, 5.74) is 1.28. The molecule has 2 rings (SSSR count). The first-order valence-electron chi connectivity index (χ1n) is 7.75. The van der Waals surface area contributed by atoms with Gasteiger partial charge in [0.2, 0.25) is 0 Å². The van der Waals surface area contributed by atoms with Gasteiger partial charge in [-0.15, -0.1) is 0 Å². The van der Waals surface area contributed by atoms with Gasteiger partial charge in [-0.3, -0.25) is 4.79 Å². The lowest BCUT2D eigenvalue weighted by molar-refractivity contribution is -0.144. The van der Waals surface area contributed by atoms with Crippen LogP contribution in [0.25, 0.3) is 0 Å². The van der Waals surface area contributed by atoms with E-state index in [-0.39, 0.29) is 17.9 Å². The SMILES string of the molecule is COC(=O)[C@@H](NC1CCN(c2ccccc2)CC1)C(C)C. The van der Waals surface area contributed by atoms with Gasteiger partial charge in [0.25, 0.3) is 0 Å². The Hall–Kier alpha value is -1.55. The van der Waals surface area contributed by atoms with E-state index in [1.54, 1.807) is 0 Å². The predicted octanol–water partition coefficient (Wildman–Crippen LogP) is 2.44. The molecular weight excluding hydrogens is 264 g/mol. The summed E-state index contributed by atoms with van der Waals surface area (Å²) in [6.45, 7) is 6.14. The molecule has 0 unspecified atom stereocenters. The lowest BCUT2D eigenvalue weighted by Gasteiger charge is -2.36. The van der Waals surface area contributed by atoms with Crippen LogP contribution < -0.4 is 10.2 Å².